The van der Waals surface area contributed by atoms with Crippen molar-refractivity contribution in [2.75, 3.05) is 6.54 Å². The minimum Gasteiger partial charge on any atom is -0.329 e. The maximum atomic E-state index is 13.9. The molecular weight excluding hydrogens is 285 g/mol. The van der Waals surface area contributed by atoms with Crippen molar-refractivity contribution in [3.8, 4) is 0 Å². The minimum absolute atomic E-state index is 0.142. The molecule has 0 heterocycles. The topological polar surface area (TPSA) is 43.1 Å². The van der Waals surface area contributed by atoms with E-state index < -0.39 is 11.2 Å². The van der Waals surface area contributed by atoms with Gasteiger partial charge in [-0.15, -0.1) is 0 Å². The number of ketones is 1. The lowest BCUT2D eigenvalue weighted by molar-refractivity contribution is 0.0805. The minimum atomic E-state index is -0.540. The Morgan fingerprint density at radius 1 is 1.41 bits per heavy atom. The molecule has 1 fully saturated rings. The Morgan fingerprint density at radius 2 is 2.06 bits per heavy atom. The molecule has 0 amide bonds. The Bertz CT molecular complexity index is 441. The molecule has 0 radical (unpaired) electrons. The van der Waals surface area contributed by atoms with Gasteiger partial charge in [0, 0.05) is 12.0 Å². The second kappa shape index (κ2) is 4.86. The summed E-state index contributed by atoms with van der Waals surface area (Å²) in [6.45, 7) is 0.303. The molecule has 0 spiro atoms. The molecule has 0 aliphatic heterocycles. The molecule has 0 aromatic heterocycles. The Balaban J connectivity index is 2.39. The van der Waals surface area contributed by atoms with Crippen LogP contribution in [0.2, 0.25) is 0 Å². The Labute approximate surface area is 109 Å². The van der Waals surface area contributed by atoms with E-state index in [1.807, 2.05) is 0 Å². The first kappa shape index (κ1) is 12.7. The fraction of sp³-hybridized carbons (Fsp3) is 0.462. The van der Waals surface area contributed by atoms with E-state index in [0.29, 0.717) is 11.0 Å². The highest BCUT2D eigenvalue weighted by Crippen LogP contribution is 2.40. The van der Waals surface area contributed by atoms with Gasteiger partial charge < -0.3 is 5.73 Å². The molecule has 1 aromatic rings. The Hall–Kier alpha value is -0.740. The van der Waals surface area contributed by atoms with Crippen LogP contribution < -0.4 is 5.73 Å². The lowest BCUT2D eigenvalue weighted by Gasteiger charge is -2.25. The second-order valence-electron chi connectivity index (χ2n) is 4.62. The molecule has 1 aromatic carbocycles. The molecule has 2 N–H and O–H groups in total. The molecular formula is C13H15BrFNO. The van der Waals surface area contributed by atoms with Gasteiger partial charge in [-0.2, -0.15) is 0 Å². The van der Waals surface area contributed by atoms with Crippen LogP contribution in [0.25, 0.3) is 0 Å². The van der Waals surface area contributed by atoms with Crippen LogP contribution in [0.15, 0.2) is 22.7 Å². The molecule has 1 aliphatic carbocycles. The smallest absolute Gasteiger partial charge is 0.173 e. The van der Waals surface area contributed by atoms with E-state index >= 15 is 0 Å². The number of Topliss-reactive ketones (excluding diaryl/α,β-unsaturated/α-hetero) is 1. The van der Waals surface area contributed by atoms with Crippen molar-refractivity contribution in [2.24, 2.45) is 11.1 Å². The molecule has 0 unspecified atom stereocenters. The molecule has 4 heteroatoms. The molecule has 92 valence electrons. The Morgan fingerprint density at radius 3 is 2.65 bits per heavy atom. The third-order valence-corrected chi connectivity index (χ3v) is 4.24. The van der Waals surface area contributed by atoms with Crippen molar-refractivity contribution < 1.29 is 9.18 Å². The van der Waals surface area contributed by atoms with Gasteiger partial charge >= 0.3 is 0 Å². The number of rotatable bonds is 3. The van der Waals surface area contributed by atoms with E-state index in [0.717, 1.165) is 25.7 Å². The molecule has 2 nitrogen and oxygen atoms in total. The van der Waals surface area contributed by atoms with Crippen LogP contribution in [0.3, 0.4) is 0 Å². The number of hydrogen-bond donors (Lipinski definition) is 1. The van der Waals surface area contributed by atoms with E-state index in [9.17, 15) is 9.18 Å². The fourth-order valence-corrected chi connectivity index (χ4v) is 2.91. The predicted molar refractivity (Wildman–Crippen MR) is 68.4 cm³/mol. The first-order valence-electron chi connectivity index (χ1n) is 5.80. The van der Waals surface area contributed by atoms with Gasteiger partial charge in [-0.25, -0.2) is 4.39 Å². The van der Waals surface area contributed by atoms with E-state index in [1.54, 1.807) is 12.1 Å². The normalized spacial score (nSPS) is 18.3. The SMILES string of the molecule is NCC1(C(=O)c2cccc(Br)c2F)CCCC1. The molecule has 0 bridgehead atoms. The van der Waals surface area contributed by atoms with Crippen LogP contribution in [-0.2, 0) is 0 Å². The second-order valence-corrected chi connectivity index (χ2v) is 5.48. The van der Waals surface area contributed by atoms with Crippen LogP contribution in [0, 0.1) is 11.2 Å². The number of hydrogen-bond acceptors (Lipinski definition) is 2. The van der Waals surface area contributed by atoms with Gasteiger partial charge in [0.05, 0.1) is 10.0 Å². The zero-order valence-electron chi connectivity index (χ0n) is 9.51. The number of benzene rings is 1. The van der Waals surface area contributed by atoms with Crippen LogP contribution >= 0.6 is 15.9 Å². The molecule has 1 saturated carbocycles. The summed E-state index contributed by atoms with van der Waals surface area (Å²) in [4.78, 5) is 12.4. The van der Waals surface area contributed by atoms with E-state index in [-0.39, 0.29) is 11.3 Å². The average molecular weight is 300 g/mol. The van der Waals surface area contributed by atoms with Gasteiger partial charge in [0.1, 0.15) is 5.82 Å². The maximum absolute atomic E-state index is 13.9. The quantitative estimate of drug-likeness (QED) is 0.870. The first-order valence-corrected chi connectivity index (χ1v) is 6.59. The summed E-state index contributed by atoms with van der Waals surface area (Å²) < 4.78 is 14.2. The van der Waals surface area contributed by atoms with Crippen molar-refractivity contribution in [3.05, 3.63) is 34.1 Å². The van der Waals surface area contributed by atoms with Gasteiger partial charge in [0.25, 0.3) is 0 Å². The van der Waals surface area contributed by atoms with Crippen molar-refractivity contribution in [1.82, 2.24) is 0 Å². The van der Waals surface area contributed by atoms with E-state index in [2.05, 4.69) is 15.9 Å². The lowest BCUT2D eigenvalue weighted by atomic mass is 9.79. The highest BCUT2D eigenvalue weighted by Gasteiger charge is 2.41. The van der Waals surface area contributed by atoms with Crippen LogP contribution in [0.1, 0.15) is 36.0 Å². The van der Waals surface area contributed by atoms with Crippen molar-refractivity contribution in [1.29, 1.82) is 0 Å². The lowest BCUT2D eigenvalue weighted by Crippen LogP contribution is -2.36. The average Bonchev–Trinajstić information content (AvgIpc) is 2.82. The molecule has 0 atom stereocenters. The summed E-state index contributed by atoms with van der Waals surface area (Å²) in [5, 5.41) is 0. The zero-order valence-corrected chi connectivity index (χ0v) is 11.1. The van der Waals surface area contributed by atoms with Crippen molar-refractivity contribution in [3.63, 3.8) is 0 Å². The molecule has 2 rings (SSSR count). The monoisotopic (exact) mass is 299 g/mol. The van der Waals surface area contributed by atoms with E-state index in [1.165, 1.54) is 6.07 Å². The Kier molecular flexibility index (Phi) is 3.64. The van der Waals surface area contributed by atoms with E-state index in [4.69, 9.17) is 5.73 Å². The standard InChI is InChI=1S/C13H15BrFNO/c14-10-5-3-4-9(11(10)15)12(17)13(8-16)6-1-2-7-13/h3-5H,1-2,6-8,16H2. The van der Waals surface area contributed by atoms with Gasteiger partial charge in [0.2, 0.25) is 0 Å². The highest BCUT2D eigenvalue weighted by molar-refractivity contribution is 9.10. The maximum Gasteiger partial charge on any atom is 0.173 e. The first-order chi connectivity index (χ1) is 8.10. The summed E-state index contributed by atoms with van der Waals surface area (Å²) in [7, 11) is 0. The summed E-state index contributed by atoms with van der Waals surface area (Å²) in [6.07, 6.45) is 3.54. The van der Waals surface area contributed by atoms with Gasteiger partial charge in [-0.05, 0) is 40.9 Å². The molecule has 1 aliphatic rings. The van der Waals surface area contributed by atoms with Gasteiger partial charge in [-0.1, -0.05) is 18.9 Å². The largest absolute Gasteiger partial charge is 0.329 e. The molecule has 0 saturated heterocycles. The van der Waals surface area contributed by atoms with Crippen LogP contribution in [0.5, 0.6) is 0 Å². The number of carbonyl (C=O) groups excluding carboxylic acids is 1. The number of carbonyl (C=O) groups is 1. The van der Waals surface area contributed by atoms with Gasteiger partial charge in [0.15, 0.2) is 5.78 Å². The third kappa shape index (κ3) is 2.16. The summed E-state index contributed by atoms with van der Waals surface area (Å²) in [5.74, 6) is -0.617. The number of halogens is 2. The van der Waals surface area contributed by atoms with Crippen molar-refractivity contribution >= 4 is 21.7 Å². The van der Waals surface area contributed by atoms with Crippen molar-refractivity contribution in [2.45, 2.75) is 25.7 Å². The van der Waals surface area contributed by atoms with Crippen LogP contribution in [-0.4, -0.2) is 12.3 Å². The summed E-state index contributed by atoms with van der Waals surface area (Å²) in [5.41, 5.74) is 5.36. The van der Waals surface area contributed by atoms with Crippen LogP contribution in [0.4, 0.5) is 4.39 Å². The summed E-state index contributed by atoms with van der Waals surface area (Å²) in [6, 6.07) is 4.81. The molecule has 17 heavy (non-hydrogen) atoms. The summed E-state index contributed by atoms with van der Waals surface area (Å²) >= 11 is 3.10. The highest BCUT2D eigenvalue weighted by atomic mass is 79.9. The van der Waals surface area contributed by atoms with Gasteiger partial charge in [-0.3, -0.25) is 4.79 Å². The fourth-order valence-electron chi connectivity index (χ4n) is 2.54. The zero-order chi connectivity index (χ0) is 12.5. The number of nitrogens with two attached hydrogens (primary N) is 1. The third-order valence-electron chi connectivity index (χ3n) is 3.63. The predicted octanol–water partition coefficient (Wildman–Crippen LogP) is 3.29.